The van der Waals surface area contributed by atoms with Crippen molar-refractivity contribution in [3.8, 4) is 136 Å². The Balaban J connectivity index is 0.000000147. The van der Waals surface area contributed by atoms with Gasteiger partial charge in [0.25, 0.3) is 0 Å². The van der Waals surface area contributed by atoms with Crippen LogP contribution >= 0.6 is 0 Å². The van der Waals surface area contributed by atoms with Gasteiger partial charge in [-0.3, -0.25) is 0 Å². The predicted octanol–water partition coefficient (Wildman–Crippen LogP) is 34.7. The Labute approximate surface area is 850 Å². The van der Waals surface area contributed by atoms with Gasteiger partial charge < -0.3 is 18.3 Å². The third-order valence-electron chi connectivity index (χ3n) is 31.8. The summed E-state index contributed by atoms with van der Waals surface area (Å²) >= 11 is 0. The average Bonchev–Trinajstić information content (AvgIpc) is 1.55. The van der Waals surface area contributed by atoms with E-state index in [1.165, 1.54) is 68.6 Å². The number of aryl methyl sites for hydroxylation is 1. The van der Waals surface area contributed by atoms with Gasteiger partial charge in [0.2, 0.25) is 0 Å². The summed E-state index contributed by atoms with van der Waals surface area (Å²) in [5.41, 5.74) is 25.9. The van der Waals surface area contributed by atoms with Gasteiger partial charge in [-0.2, -0.15) is 39.5 Å². The number of alkyl halides is 9. The highest BCUT2D eigenvalue weighted by Crippen LogP contribution is 2.61. The zero-order valence-corrected chi connectivity index (χ0v) is 82.2. The summed E-state index contributed by atoms with van der Waals surface area (Å²) in [7, 11) is 0. The number of fused-ring (bicyclic) bond motifs is 28. The molecular formula is C130H89F9N10. The van der Waals surface area contributed by atoms with Crippen molar-refractivity contribution in [2.24, 2.45) is 0 Å². The molecule has 0 unspecified atom stereocenters. The van der Waals surface area contributed by atoms with Gasteiger partial charge in [0, 0.05) is 98.1 Å². The van der Waals surface area contributed by atoms with Gasteiger partial charge in [0.15, 0.2) is 34.9 Å². The minimum absolute atomic E-state index is 0.00644. The summed E-state index contributed by atoms with van der Waals surface area (Å²) < 4.78 is 146. The SMILES string of the molecule is CC1(C)c2ccccc2-c2ccc3c4ccccc4n(-c4ccc(C(F)(F)F)cc4-c4nc(-c5ccccc5)nc(-c5cc(C(F)(F)F)ccc5-n5c6ccccc6c6ccc7c(c65)C(C)(C)c5ccccc5-7)n4)c3c21.Cc1ccc(-n2c3ccccc3c3c4c(ccc32)-c2ccccc2C4(C)C)c(-c2nc(-c3ccccc3)nc(-c3cc(C(F)(F)F)ccc3-n3c4ccccc4c4c5c(ccc43)-c3ccccc3C5(C)C)n2)c1. The van der Waals surface area contributed by atoms with Crippen molar-refractivity contribution in [2.75, 3.05) is 0 Å². The predicted molar refractivity (Wildman–Crippen MR) is 580 cm³/mol. The molecule has 0 aliphatic heterocycles. The maximum atomic E-state index is 15.3. The molecule has 19 heteroatoms. The lowest BCUT2D eigenvalue weighted by Crippen LogP contribution is -2.17. The maximum absolute atomic E-state index is 15.3. The van der Waals surface area contributed by atoms with Crippen LogP contribution in [0, 0.1) is 6.92 Å². The van der Waals surface area contributed by atoms with E-state index in [0.717, 1.165) is 167 Å². The molecule has 24 aromatic rings. The first kappa shape index (κ1) is 90.3. The Bertz CT molecular complexity index is 9630. The maximum Gasteiger partial charge on any atom is 0.416 e. The van der Waals surface area contributed by atoms with E-state index in [2.05, 4.69) is 234 Å². The molecule has 0 spiro atoms. The van der Waals surface area contributed by atoms with E-state index in [9.17, 15) is 0 Å². The van der Waals surface area contributed by atoms with Gasteiger partial charge in [-0.15, -0.1) is 0 Å². The van der Waals surface area contributed by atoms with Crippen LogP contribution in [0.25, 0.3) is 223 Å². The van der Waals surface area contributed by atoms with Crippen molar-refractivity contribution in [1.82, 2.24) is 48.2 Å². The second-order valence-electron chi connectivity index (χ2n) is 41.7. The molecule has 0 saturated carbocycles. The molecule has 28 rings (SSSR count). The minimum atomic E-state index is -4.80. The Morgan fingerprint density at radius 3 is 0.805 bits per heavy atom. The van der Waals surface area contributed by atoms with Crippen LogP contribution in [0.3, 0.4) is 0 Å². The van der Waals surface area contributed by atoms with E-state index < -0.39 is 46.0 Å². The fourth-order valence-corrected chi connectivity index (χ4v) is 25.3. The van der Waals surface area contributed by atoms with Crippen LogP contribution in [0.2, 0.25) is 0 Å². The van der Waals surface area contributed by atoms with Crippen molar-refractivity contribution >= 4 is 87.2 Å². The molecule has 4 aliphatic rings. The fourth-order valence-electron chi connectivity index (χ4n) is 25.3. The van der Waals surface area contributed by atoms with Gasteiger partial charge in [-0.25, -0.2) is 29.9 Å². The van der Waals surface area contributed by atoms with Crippen LogP contribution < -0.4 is 0 Å². The van der Waals surface area contributed by atoms with Crippen LogP contribution in [0.4, 0.5) is 39.5 Å². The van der Waals surface area contributed by atoms with Crippen LogP contribution in [-0.2, 0) is 40.2 Å². The number of nitrogens with zero attached hydrogens (tertiary/aromatic N) is 10. The number of hydrogen-bond donors (Lipinski definition) is 0. The molecule has 0 radical (unpaired) electrons. The molecule has 18 aromatic carbocycles. The van der Waals surface area contributed by atoms with Crippen LogP contribution in [0.1, 0.15) is 122 Å². The molecule has 0 amide bonds. The number of rotatable bonds is 10. The highest BCUT2D eigenvalue weighted by atomic mass is 19.4. The molecule has 0 bridgehead atoms. The van der Waals surface area contributed by atoms with E-state index in [1.54, 1.807) is 30.3 Å². The lowest BCUT2D eigenvalue weighted by molar-refractivity contribution is -0.138. The van der Waals surface area contributed by atoms with Crippen molar-refractivity contribution in [1.29, 1.82) is 0 Å². The zero-order chi connectivity index (χ0) is 102. The third kappa shape index (κ3) is 13.4. The number of para-hydroxylation sites is 4. The molecule has 149 heavy (non-hydrogen) atoms. The monoisotopic (exact) mass is 1960 g/mol. The standard InChI is InChI=1S/C65H43F6N5.C65H46F3N5/c1-62(2)49-22-12-8-18-39(49)43-28-30-45-41-20-10-14-24-51(41)75(57(45)55(43)62)53-32-26-37(64(66,67)68)34-47(53)60-72-59(36-16-6-5-7-17-36)73-61(74-60)48-35-38(65(69,70)71)27-33-54(48)76-52-25-15-11-21-42(52)46-31-29-44-40-19-9-13-23-50(40)63(3,4)56(44)58(46)76;1-37-27-31-52(72-50-25-15-11-21-44(50)56-54(72)33-29-42-40-19-9-13-23-48(40)63(2,3)58(42)56)46(35-37)61-69-60(38-17-7-6-8-18-38)70-62(71-61)47-36-39(65(66,67)68)28-32-53(47)73-51-26-16-12-22-45(51)57-55(73)34-30-43-41-20-10-14-24-49(41)64(4,5)59(43)57/h5-35H,1-4H3;6-36H,1-5H3. The van der Waals surface area contributed by atoms with Gasteiger partial charge in [0.1, 0.15) is 0 Å². The second-order valence-corrected chi connectivity index (χ2v) is 41.7. The van der Waals surface area contributed by atoms with E-state index in [1.807, 2.05) is 143 Å². The molecule has 6 aromatic heterocycles. The Kier molecular flexibility index (Phi) is 19.6. The lowest BCUT2D eigenvalue weighted by atomic mass is 9.80. The zero-order valence-electron chi connectivity index (χ0n) is 82.2. The minimum Gasteiger partial charge on any atom is -0.308 e. The number of halogens is 9. The summed E-state index contributed by atoms with van der Waals surface area (Å²) in [4.78, 5) is 30.8. The van der Waals surface area contributed by atoms with Gasteiger partial charge in [-0.1, -0.05) is 334 Å². The van der Waals surface area contributed by atoms with E-state index in [-0.39, 0.29) is 50.8 Å². The Morgan fingerprint density at radius 1 is 0.201 bits per heavy atom. The van der Waals surface area contributed by atoms with Crippen molar-refractivity contribution in [3.05, 3.63) is 443 Å². The Hall–Kier alpha value is -17.5. The Morgan fingerprint density at radius 2 is 0.463 bits per heavy atom. The van der Waals surface area contributed by atoms with Crippen LogP contribution in [-0.4, -0.2) is 48.2 Å². The summed E-state index contributed by atoms with van der Waals surface area (Å²) in [6.45, 7) is 19.8. The van der Waals surface area contributed by atoms with Crippen molar-refractivity contribution in [3.63, 3.8) is 0 Å². The molecule has 0 N–H and O–H groups in total. The van der Waals surface area contributed by atoms with E-state index in [4.69, 9.17) is 29.9 Å². The first-order chi connectivity index (χ1) is 71.8. The summed E-state index contributed by atoms with van der Waals surface area (Å²) in [5.74, 6) is 0.549. The van der Waals surface area contributed by atoms with Crippen LogP contribution in [0.15, 0.2) is 376 Å². The highest BCUT2D eigenvalue weighted by Gasteiger charge is 2.46. The van der Waals surface area contributed by atoms with Gasteiger partial charge in [-0.05, 0) is 199 Å². The molecule has 0 fully saturated rings. The third-order valence-corrected chi connectivity index (χ3v) is 31.8. The molecule has 0 saturated heterocycles. The lowest BCUT2D eigenvalue weighted by Gasteiger charge is -2.24. The first-order valence-electron chi connectivity index (χ1n) is 49.9. The molecule has 10 nitrogen and oxygen atoms in total. The fraction of sp³-hybridized carbons (Fsp3) is 0.123. The van der Waals surface area contributed by atoms with Crippen LogP contribution in [0.5, 0.6) is 0 Å². The smallest absolute Gasteiger partial charge is 0.308 e. The van der Waals surface area contributed by atoms with Gasteiger partial charge in [0.05, 0.1) is 83.6 Å². The first-order valence-corrected chi connectivity index (χ1v) is 49.9. The van der Waals surface area contributed by atoms with E-state index in [0.29, 0.717) is 45.4 Å². The number of benzene rings is 18. The summed E-state index contributed by atoms with van der Waals surface area (Å²) in [6, 6.07) is 119. The molecule has 722 valence electrons. The van der Waals surface area contributed by atoms with E-state index >= 15 is 39.5 Å². The normalized spacial score (nSPS) is 14.3. The molecular weight excluding hydrogens is 1870 g/mol. The quantitative estimate of drug-likeness (QED) is 0.127. The average molecular weight is 1960 g/mol. The summed E-state index contributed by atoms with van der Waals surface area (Å²) in [6.07, 6.45) is -14.2. The number of aromatic nitrogens is 10. The summed E-state index contributed by atoms with van der Waals surface area (Å²) in [5, 5.41) is 7.96. The topological polar surface area (TPSA) is 97.1 Å². The largest absolute Gasteiger partial charge is 0.416 e. The highest BCUT2D eigenvalue weighted by molar-refractivity contribution is 6.19. The second kappa shape index (κ2) is 32.3. The molecule has 4 aliphatic carbocycles. The van der Waals surface area contributed by atoms with Gasteiger partial charge >= 0.3 is 18.5 Å². The van der Waals surface area contributed by atoms with Crippen molar-refractivity contribution < 1.29 is 39.5 Å². The molecule has 6 heterocycles. The number of hydrogen-bond acceptors (Lipinski definition) is 6. The van der Waals surface area contributed by atoms with Crippen molar-refractivity contribution in [2.45, 2.75) is 103 Å². The molecule has 0 atom stereocenters.